The van der Waals surface area contributed by atoms with Crippen molar-refractivity contribution in [2.24, 2.45) is 5.92 Å². The van der Waals surface area contributed by atoms with Gasteiger partial charge in [0.2, 0.25) is 5.54 Å². The van der Waals surface area contributed by atoms with Crippen LogP contribution in [0.2, 0.25) is 0 Å². The molecule has 5 heteroatoms. The number of hydrogen-bond acceptors (Lipinski definition) is 3. The minimum Gasteiger partial charge on any atom is -0.293 e. The summed E-state index contributed by atoms with van der Waals surface area (Å²) in [6, 6.07) is 8.93. The molecule has 1 aromatic rings. The first kappa shape index (κ1) is 17.7. The van der Waals surface area contributed by atoms with Crippen molar-refractivity contribution >= 4 is 17.4 Å². The normalized spacial score (nSPS) is 30.1. The lowest BCUT2D eigenvalue weighted by atomic mass is 9.71. The fourth-order valence-electron chi connectivity index (χ4n) is 3.26. The van der Waals surface area contributed by atoms with E-state index >= 15 is 0 Å². The zero-order valence-electron chi connectivity index (χ0n) is 13.5. The van der Waals surface area contributed by atoms with Gasteiger partial charge in [0.25, 0.3) is 0 Å². The van der Waals surface area contributed by atoms with Gasteiger partial charge in [0.1, 0.15) is 0 Å². The van der Waals surface area contributed by atoms with Crippen molar-refractivity contribution in [3.63, 3.8) is 0 Å². The van der Waals surface area contributed by atoms with E-state index in [1.807, 2.05) is 13.0 Å². The summed E-state index contributed by atoms with van der Waals surface area (Å²) in [7, 11) is 0. The van der Waals surface area contributed by atoms with Gasteiger partial charge in [-0.1, -0.05) is 49.8 Å². The van der Waals surface area contributed by atoms with Crippen molar-refractivity contribution in [1.29, 1.82) is 0 Å². The predicted molar refractivity (Wildman–Crippen MR) is 91.5 cm³/mol. The van der Waals surface area contributed by atoms with Crippen LogP contribution in [0.5, 0.6) is 0 Å². The fraction of sp³-hybridized carbons (Fsp3) is 0.500. The topological polar surface area (TPSA) is 60.2 Å². The molecule has 0 spiro atoms. The van der Waals surface area contributed by atoms with Crippen molar-refractivity contribution in [2.45, 2.75) is 49.9 Å². The van der Waals surface area contributed by atoms with Gasteiger partial charge in [0, 0.05) is 23.3 Å². The number of alkyl halides is 1. The summed E-state index contributed by atoms with van der Waals surface area (Å²) in [5.41, 5.74) is -0.587. The maximum Gasteiger partial charge on any atom is 0.242 e. The number of carbonyl (C=O) groups is 1. The van der Waals surface area contributed by atoms with Crippen LogP contribution in [-0.2, 0) is 0 Å². The molecule has 0 aromatic heterocycles. The van der Waals surface area contributed by atoms with Crippen LogP contribution in [0.25, 0.3) is 0 Å². The smallest absolute Gasteiger partial charge is 0.242 e. The van der Waals surface area contributed by atoms with Gasteiger partial charge < -0.3 is 0 Å². The number of nitro groups is 1. The first-order valence-electron chi connectivity index (χ1n) is 7.94. The van der Waals surface area contributed by atoms with Gasteiger partial charge in [-0.25, -0.2) is 0 Å². The summed E-state index contributed by atoms with van der Waals surface area (Å²) in [5.74, 6) is -0.645. The number of allylic oxidation sites excluding steroid dienone is 1. The molecule has 0 heterocycles. The molecule has 1 aromatic carbocycles. The summed E-state index contributed by atoms with van der Waals surface area (Å²) in [6.45, 7) is 3.73. The molecule has 23 heavy (non-hydrogen) atoms. The Kier molecular flexibility index (Phi) is 5.25. The van der Waals surface area contributed by atoms with Crippen LogP contribution < -0.4 is 0 Å². The standard InChI is InChI=1S/C18H22ClNO3/c1-3-4-11-18(20(22)23)12-10-15(17(2,19)13-18)16(21)14-8-6-5-7-9-14/h5-10,12,15H,3-4,11,13H2,1-2H3. The van der Waals surface area contributed by atoms with E-state index in [0.717, 1.165) is 12.8 Å². The first-order chi connectivity index (χ1) is 10.8. The Hall–Kier alpha value is -1.68. The monoisotopic (exact) mass is 335 g/mol. The third kappa shape index (κ3) is 3.63. The molecule has 4 nitrogen and oxygen atoms in total. The number of benzene rings is 1. The number of ketones is 1. The molecule has 0 saturated heterocycles. The molecule has 0 N–H and O–H groups in total. The second-order valence-corrected chi connectivity index (χ2v) is 7.35. The Balaban J connectivity index is 2.33. The maximum absolute atomic E-state index is 12.7. The molecule has 3 atom stereocenters. The van der Waals surface area contributed by atoms with E-state index in [-0.39, 0.29) is 17.1 Å². The minimum atomic E-state index is -1.17. The summed E-state index contributed by atoms with van der Waals surface area (Å²) >= 11 is 6.61. The van der Waals surface area contributed by atoms with Crippen LogP contribution in [0.4, 0.5) is 0 Å². The van der Waals surface area contributed by atoms with Crippen molar-refractivity contribution in [2.75, 3.05) is 0 Å². The number of unbranched alkanes of at least 4 members (excludes halogenated alkanes) is 1. The molecule has 0 fully saturated rings. The number of nitrogens with zero attached hydrogens (tertiary/aromatic N) is 1. The van der Waals surface area contributed by atoms with E-state index in [0.29, 0.717) is 12.0 Å². The maximum atomic E-state index is 12.7. The lowest BCUT2D eigenvalue weighted by Gasteiger charge is -2.38. The van der Waals surface area contributed by atoms with E-state index in [2.05, 4.69) is 0 Å². The summed E-state index contributed by atoms with van der Waals surface area (Å²) in [4.78, 5) is 23.1. The molecule has 2 rings (SSSR count). The molecule has 0 radical (unpaired) electrons. The van der Waals surface area contributed by atoms with Gasteiger partial charge in [-0.3, -0.25) is 14.9 Å². The number of carbonyl (C=O) groups excluding carboxylic acids is 1. The number of rotatable bonds is 6. The Morgan fingerprint density at radius 1 is 1.39 bits per heavy atom. The van der Waals surface area contributed by atoms with Gasteiger partial charge in [-0.2, -0.15) is 0 Å². The number of halogens is 1. The molecule has 0 amide bonds. The summed E-state index contributed by atoms with van der Waals surface area (Å²) < 4.78 is 0. The molecule has 1 aliphatic carbocycles. The molecule has 0 saturated carbocycles. The van der Waals surface area contributed by atoms with Gasteiger partial charge in [-0.05, 0) is 19.4 Å². The van der Waals surface area contributed by atoms with Crippen LogP contribution in [-0.4, -0.2) is 21.1 Å². The highest BCUT2D eigenvalue weighted by atomic mass is 35.5. The van der Waals surface area contributed by atoms with E-state index in [4.69, 9.17) is 11.6 Å². The van der Waals surface area contributed by atoms with Gasteiger partial charge >= 0.3 is 0 Å². The van der Waals surface area contributed by atoms with Crippen LogP contribution in [0.15, 0.2) is 42.5 Å². The zero-order chi connectivity index (χ0) is 17.1. The molecule has 0 bridgehead atoms. The third-order valence-corrected chi connectivity index (χ3v) is 4.94. The Morgan fingerprint density at radius 2 is 2.04 bits per heavy atom. The van der Waals surface area contributed by atoms with E-state index in [1.165, 1.54) is 0 Å². The molecule has 0 aliphatic heterocycles. The Bertz CT molecular complexity index is 612. The highest BCUT2D eigenvalue weighted by molar-refractivity contribution is 6.26. The zero-order valence-corrected chi connectivity index (χ0v) is 14.3. The van der Waals surface area contributed by atoms with E-state index in [9.17, 15) is 14.9 Å². The quantitative estimate of drug-likeness (QED) is 0.250. The van der Waals surface area contributed by atoms with E-state index in [1.54, 1.807) is 43.3 Å². The Morgan fingerprint density at radius 3 is 2.57 bits per heavy atom. The third-order valence-electron chi connectivity index (χ3n) is 4.57. The van der Waals surface area contributed by atoms with Crippen LogP contribution in [0.3, 0.4) is 0 Å². The van der Waals surface area contributed by atoms with Crippen LogP contribution in [0.1, 0.15) is 49.9 Å². The molecule has 124 valence electrons. The highest BCUT2D eigenvalue weighted by Crippen LogP contribution is 2.44. The van der Waals surface area contributed by atoms with Crippen molar-refractivity contribution in [3.8, 4) is 0 Å². The first-order valence-corrected chi connectivity index (χ1v) is 8.32. The average Bonchev–Trinajstić information content (AvgIpc) is 2.52. The van der Waals surface area contributed by atoms with Crippen molar-refractivity contribution in [1.82, 2.24) is 0 Å². The summed E-state index contributed by atoms with van der Waals surface area (Å²) in [6.07, 6.45) is 5.49. The average molecular weight is 336 g/mol. The molecule has 3 unspecified atom stereocenters. The predicted octanol–water partition coefficient (Wildman–Crippen LogP) is 4.65. The minimum absolute atomic E-state index is 0.0909. The fourth-order valence-corrected chi connectivity index (χ4v) is 3.66. The van der Waals surface area contributed by atoms with Crippen molar-refractivity contribution < 1.29 is 9.72 Å². The van der Waals surface area contributed by atoms with Gasteiger partial charge in [0.05, 0.1) is 10.8 Å². The van der Waals surface area contributed by atoms with Gasteiger partial charge in [0.15, 0.2) is 5.78 Å². The summed E-state index contributed by atoms with van der Waals surface area (Å²) in [5, 5.41) is 11.6. The SMILES string of the molecule is CCCCC1([N+](=O)[O-])C=CC(C(=O)c2ccccc2)C(C)(Cl)C1. The molecule has 1 aliphatic rings. The van der Waals surface area contributed by atoms with E-state index < -0.39 is 16.3 Å². The highest BCUT2D eigenvalue weighted by Gasteiger charge is 2.52. The number of hydrogen-bond donors (Lipinski definition) is 0. The second kappa shape index (κ2) is 6.83. The second-order valence-electron chi connectivity index (χ2n) is 6.49. The lowest BCUT2D eigenvalue weighted by molar-refractivity contribution is -0.559. The molecular weight excluding hydrogens is 314 g/mol. The number of Topliss-reactive ketones (excluding diaryl/α,β-unsaturated/α-hetero) is 1. The van der Waals surface area contributed by atoms with Crippen molar-refractivity contribution in [3.05, 3.63) is 58.2 Å². The molecular formula is C18H22ClNO3. The van der Waals surface area contributed by atoms with Gasteiger partial charge in [-0.15, -0.1) is 11.6 Å². The lowest BCUT2D eigenvalue weighted by Crippen LogP contribution is -2.49. The van der Waals surface area contributed by atoms with Crippen LogP contribution >= 0.6 is 11.6 Å². The Labute approximate surface area is 141 Å². The largest absolute Gasteiger partial charge is 0.293 e. The van der Waals surface area contributed by atoms with Crippen LogP contribution in [0, 0.1) is 16.0 Å².